The van der Waals surface area contributed by atoms with Gasteiger partial charge in [-0.05, 0) is 55.7 Å². The molecule has 1 amide bonds. The SMILES string of the molecule is Cc1cccc(NC(=O)C2Sc3nnc(C)n3NC2c2ccc(Cl)cc2)c1C. The number of thioether (sulfide) groups is 1. The highest BCUT2D eigenvalue weighted by molar-refractivity contribution is 8.00. The van der Waals surface area contributed by atoms with E-state index in [-0.39, 0.29) is 11.9 Å². The number of halogens is 1. The maximum absolute atomic E-state index is 13.2. The van der Waals surface area contributed by atoms with Gasteiger partial charge in [-0.15, -0.1) is 10.2 Å². The highest BCUT2D eigenvalue weighted by Gasteiger charge is 2.37. The highest BCUT2D eigenvalue weighted by Crippen LogP contribution is 2.38. The number of aryl methyl sites for hydroxylation is 2. The van der Waals surface area contributed by atoms with Crippen molar-refractivity contribution in [1.29, 1.82) is 0 Å². The summed E-state index contributed by atoms with van der Waals surface area (Å²) in [5, 5.41) is 12.3. The summed E-state index contributed by atoms with van der Waals surface area (Å²) in [6.45, 7) is 5.91. The summed E-state index contributed by atoms with van der Waals surface area (Å²) in [4.78, 5) is 13.2. The molecule has 6 nitrogen and oxygen atoms in total. The van der Waals surface area contributed by atoms with Crippen LogP contribution in [0.15, 0.2) is 47.6 Å². The minimum Gasteiger partial charge on any atom is -0.325 e. The van der Waals surface area contributed by atoms with Crippen LogP contribution in [0, 0.1) is 20.8 Å². The summed E-state index contributed by atoms with van der Waals surface area (Å²) < 4.78 is 1.83. The van der Waals surface area contributed by atoms with Gasteiger partial charge in [-0.2, -0.15) is 0 Å². The van der Waals surface area contributed by atoms with Crippen LogP contribution in [0.5, 0.6) is 0 Å². The number of carbonyl (C=O) groups is 1. The van der Waals surface area contributed by atoms with E-state index in [0.717, 1.165) is 28.2 Å². The first-order valence-electron chi connectivity index (χ1n) is 8.92. The Kier molecular flexibility index (Phi) is 5.03. The van der Waals surface area contributed by atoms with E-state index in [1.807, 2.05) is 67.9 Å². The number of amides is 1. The number of anilines is 1. The van der Waals surface area contributed by atoms with Gasteiger partial charge in [-0.1, -0.05) is 47.6 Å². The van der Waals surface area contributed by atoms with Crippen molar-refractivity contribution in [2.45, 2.75) is 37.2 Å². The molecule has 2 heterocycles. The number of carbonyl (C=O) groups excluding carboxylic acids is 1. The average molecular weight is 414 g/mol. The Hall–Kier alpha value is -2.51. The van der Waals surface area contributed by atoms with Crippen LogP contribution < -0.4 is 10.7 Å². The molecule has 1 aliphatic heterocycles. The van der Waals surface area contributed by atoms with Crippen LogP contribution in [0.2, 0.25) is 5.02 Å². The van der Waals surface area contributed by atoms with E-state index in [4.69, 9.17) is 11.6 Å². The van der Waals surface area contributed by atoms with Gasteiger partial charge in [0.1, 0.15) is 11.1 Å². The molecule has 0 spiro atoms. The molecule has 1 aliphatic rings. The number of fused-ring (bicyclic) bond motifs is 1. The molecule has 2 atom stereocenters. The zero-order valence-corrected chi connectivity index (χ0v) is 17.3. The maximum Gasteiger partial charge on any atom is 0.240 e. The number of hydrogen-bond acceptors (Lipinski definition) is 5. The minimum absolute atomic E-state index is 0.0851. The van der Waals surface area contributed by atoms with Crippen LogP contribution in [0.1, 0.15) is 28.6 Å². The molecule has 4 rings (SSSR count). The molecule has 2 N–H and O–H groups in total. The topological polar surface area (TPSA) is 71.8 Å². The lowest BCUT2D eigenvalue weighted by Gasteiger charge is -2.33. The smallest absolute Gasteiger partial charge is 0.240 e. The van der Waals surface area contributed by atoms with Crippen molar-refractivity contribution in [3.63, 3.8) is 0 Å². The summed E-state index contributed by atoms with van der Waals surface area (Å²) in [7, 11) is 0. The number of aromatic nitrogens is 3. The van der Waals surface area contributed by atoms with Crippen molar-refractivity contribution in [1.82, 2.24) is 14.9 Å². The normalized spacial score (nSPS) is 18.3. The maximum atomic E-state index is 13.2. The van der Waals surface area contributed by atoms with Gasteiger partial charge in [-0.25, -0.2) is 4.68 Å². The fraction of sp³-hybridized carbons (Fsp3) is 0.250. The Balaban J connectivity index is 1.68. The van der Waals surface area contributed by atoms with Crippen LogP contribution in [-0.4, -0.2) is 26.0 Å². The van der Waals surface area contributed by atoms with E-state index < -0.39 is 5.25 Å². The Morgan fingerprint density at radius 2 is 1.89 bits per heavy atom. The van der Waals surface area contributed by atoms with Crippen molar-refractivity contribution in [3.8, 4) is 0 Å². The number of hydrogen-bond donors (Lipinski definition) is 2. The number of nitrogens with one attached hydrogen (secondary N) is 2. The molecule has 0 fully saturated rings. The second-order valence-electron chi connectivity index (χ2n) is 6.80. The number of benzene rings is 2. The second kappa shape index (κ2) is 7.48. The van der Waals surface area contributed by atoms with Crippen molar-refractivity contribution < 1.29 is 4.79 Å². The van der Waals surface area contributed by atoms with Gasteiger partial charge in [0.2, 0.25) is 11.1 Å². The molecule has 0 saturated heterocycles. The molecule has 2 aromatic carbocycles. The molecule has 8 heteroatoms. The molecule has 0 bridgehead atoms. The van der Waals surface area contributed by atoms with Crippen molar-refractivity contribution in [2.24, 2.45) is 0 Å². The predicted molar refractivity (Wildman–Crippen MR) is 113 cm³/mol. The molecule has 28 heavy (non-hydrogen) atoms. The molecule has 0 radical (unpaired) electrons. The largest absolute Gasteiger partial charge is 0.325 e. The lowest BCUT2D eigenvalue weighted by molar-refractivity contribution is -0.116. The predicted octanol–water partition coefficient (Wildman–Crippen LogP) is 4.25. The first kappa shape index (κ1) is 18.8. The third-order valence-corrected chi connectivity index (χ3v) is 6.42. The van der Waals surface area contributed by atoms with Gasteiger partial charge in [-0.3, -0.25) is 4.79 Å². The summed E-state index contributed by atoms with van der Waals surface area (Å²) >= 11 is 7.45. The van der Waals surface area contributed by atoms with Gasteiger partial charge in [0, 0.05) is 10.7 Å². The average Bonchev–Trinajstić information content (AvgIpc) is 3.05. The van der Waals surface area contributed by atoms with Gasteiger partial charge in [0.15, 0.2) is 0 Å². The van der Waals surface area contributed by atoms with Crippen LogP contribution in [0.25, 0.3) is 0 Å². The summed E-state index contributed by atoms with van der Waals surface area (Å²) in [6, 6.07) is 13.2. The molecule has 2 unspecified atom stereocenters. The first-order valence-corrected chi connectivity index (χ1v) is 10.2. The fourth-order valence-corrected chi connectivity index (χ4v) is 4.42. The monoisotopic (exact) mass is 413 g/mol. The van der Waals surface area contributed by atoms with Gasteiger partial charge in [0.05, 0.1) is 6.04 Å². The van der Waals surface area contributed by atoms with Crippen molar-refractivity contribution in [3.05, 3.63) is 70.0 Å². The lowest BCUT2D eigenvalue weighted by Crippen LogP contribution is -2.41. The molecule has 3 aromatic rings. The zero-order chi connectivity index (χ0) is 19.8. The van der Waals surface area contributed by atoms with Crippen LogP contribution in [-0.2, 0) is 4.79 Å². The molecular weight excluding hydrogens is 394 g/mol. The number of rotatable bonds is 3. The summed E-state index contributed by atoms with van der Waals surface area (Å²) in [5.41, 5.74) is 7.38. The molecule has 1 aromatic heterocycles. The van der Waals surface area contributed by atoms with Gasteiger partial charge in [0.25, 0.3) is 0 Å². The lowest BCUT2D eigenvalue weighted by atomic mass is 10.0. The van der Waals surface area contributed by atoms with E-state index in [2.05, 4.69) is 20.9 Å². The van der Waals surface area contributed by atoms with E-state index in [9.17, 15) is 4.79 Å². The Bertz CT molecular complexity index is 1030. The van der Waals surface area contributed by atoms with E-state index in [1.54, 1.807) is 0 Å². The van der Waals surface area contributed by atoms with E-state index in [0.29, 0.717) is 10.2 Å². The van der Waals surface area contributed by atoms with Crippen LogP contribution in [0.3, 0.4) is 0 Å². The third kappa shape index (κ3) is 3.47. The van der Waals surface area contributed by atoms with E-state index in [1.165, 1.54) is 11.8 Å². The van der Waals surface area contributed by atoms with Crippen molar-refractivity contribution in [2.75, 3.05) is 10.7 Å². The molecule has 0 saturated carbocycles. The summed E-state index contributed by atoms with van der Waals surface area (Å²) in [6.07, 6.45) is 0. The highest BCUT2D eigenvalue weighted by atomic mass is 35.5. The molecule has 0 aliphatic carbocycles. The first-order chi connectivity index (χ1) is 13.4. The third-order valence-electron chi connectivity index (χ3n) is 4.95. The quantitative estimate of drug-likeness (QED) is 0.671. The number of nitrogens with zero attached hydrogens (tertiary/aromatic N) is 3. The summed E-state index contributed by atoms with van der Waals surface area (Å²) in [5.74, 6) is 0.660. The van der Waals surface area contributed by atoms with Gasteiger partial charge >= 0.3 is 0 Å². The molecular formula is C20H20ClN5OS. The zero-order valence-electron chi connectivity index (χ0n) is 15.7. The fourth-order valence-electron chi connectivity index (χ4n) is 3.17. The van der Waals surface area contributed by atoms with E-state index >= 15 is 0 Å². The minimum atomic E-state index is -0.419. The Labute approximate surface area is 172 Å². The van der Waals surface area contributed by atoms with Gasteiger partial charge < -0.3 is 10.7 Å². The van der Waals surface area contributed by atoms with Crippen LogP contribution in [0.4, 0.5) is 5.69 Å². The standard InChI is InChI=1S/C20H20ClN5OS/c1-11-5-4-6-16(12(11)2)22-19(27)18-17(14-7-9-15(21)10-8-14)25-26-13(3)23-24-20(26)28-18/h4-10,17-18,25H,1-3H3,(H,22,27). The second-order valence-corrected chi connectivity index (χ2v) is 8.34. The Morgan fingerprint density at radius 1 is 1.14 bits per heavy atom. The van der Waals surface area contributed by atoms with Crippen molar-refractivity contribution >= 4 is 35.0 Å². The Morgan fingerprint density at radius 3 is 2.64 bits per heavy atom. The molecule has 144 valence electrons. The van der Waals surface area contributed by atoms with Crippen LogP contribution >= 0.6 is 23.4 Å².